The third-order valence-electron chi connectivity index (χ3n) is 3.47. The van der Waals surface area contributed by atoms with Gasteiger partial charge >= 0.3 is 0 Å². The summed E-state index contributed by atoms with van der Waals surface area (Å²) in [5.41, 5.74) is 7.70. The van der Waals surface area contributed by atoms with Crippen LogP contribution in [-0.4, -0.2) is 11.0 Å². The van der Waals surface area contributed by atoms with Crippen molar-refractivity contribution in [2.24, 2.45) is 17.6 Å². The first-order valence-electron chi connectivity index (χ1n) is 6.98. The molecular formula is C16H27NS. The van der Waals surface area contributed by atoms with Gasteiger partial charge in [-0.05, 0) is 23.2 Å². The molecule has 1 rings (SSSR count). The van der Waals surface area contributed by atoms with E-state index in [-0.39, 0.29) is 6.04 Å². The van der Waals surface area contributed by atoms with Gasteiger partial charge in [0.05, 0.1) is 0 Å². The lowest BCUT2D eigenvalue weighted by Crippen LogP contribution is -2.29. The predicted molar refractivity (Wildman–Crippen MR) is 83.9 cm³/mol. The van der Waals surface area contributed by atoms with Gasteiger partial charge < -0.3 is 5.73 Å². The summed E-state index contributed by atoms with van der Waals surface area (Å²) in [5.74, 6) is 2.59. The molecule has 1 nitrogen and oxygen atoms in total. The van der Waals surface area contributed by atoms with Gasteiger partial charge in [-0.25, -0.2) is 0 Å². The Labute approximate surface area is 117 Å². The summed E-state index contributed by atoms with van der Waals surface area (Å²) in [6, 6.07) is 10.6. The summed E-state index contributed by atoms with van der Waals surface area (Å²) >= 11 is 2.04. The van der Waals surface area contributed by atoms with Crippen LogP contribution in [0.4, 0.5) is 0 Å². The number of benzene rings is 1. The molecule has 0 aromatic heterocycles. The van der Waals surface area contributed by atoms with Crippen molar-refractivity contribution in [2.45, 2.75) is 45.4 Å². The lowest BCUT2D eigenvalue weighted by Gasteiger charge is -2.28. The number of rotatable bonds is 7. The second-order valence-corrected chi connectivity index (χ2v) is 6.70. The van der Waals surface area contributed by atoms with Crippen molar-refractivity contribution >= 4 is 11.8 Å². The summed E-state index contributed by atoms with van der Waals surface area (Å²) in [6.07, 6.45) is 1.25. The molecule has 0 amide bonds. The lowest BCUT2D eigenvalue weighted by molar-refractivity contribution is 0.524. The third-order valence-corrected chi connectivity index (χ3v) is 5.45. The number of hydrogen-bond acceptors (Lipinski definition) is 2. The summed E-state index contributed by atoms with van der Waals surface area (Å²) < 4.78 is 0. The zero-order chi connectivity index (χ0) is 13.5. The lowest BCUT2D eigenvalue weighted by atomic mass is 9.97. The Morgan fingerprint density at radius 3 is 2.22 bits per heavy atom. The van der Waals surface area contributed by atoms with Crippen LogP contribution in [0.5, 0.6) is 0 Å². The minimum absolute atomic E-state index is 0.139. The van der Waals surface area contributed by atoms with E-state index < -0.39 is 0 Å². The maximum Gasteiger partial charge on any atom is 0.0418 e. The Bertz CT molecular complexity index is 323. The summed E-state index contributed by atoms with van der Waals surface area (Å²) in [7, 11) is 0. The number of nitrogens with two attached hydrogens (primary N) is 1. The quantitative estimate of drug-likeness (QED) is 0.786. The van der Waals surface area contributed by atoms with Crippen LogP contribution >= 0.6 is 11.8 Å². The Morgan fingerprint density at radius 2 is 1.72 bits per heavy atom. The van der Waals surface area contributed by atoms with Crippen LogP contribution in [0.3, 0.4) is 0 Å². The van der Waals surface area contributed by atoms with Gasteiger partial charge in [0.1, 0.15) is 0 Å². The molecule has 2 N–H and O–H groups in total. The second-order valence-electron chi connectivity index (χ2n) is 5.49. The minimum atomic E-state index is 0.139. The third kappa shape index (κ3) is 4.66. The Hall–Kier alpha value is -0.470. The van der Waals surface area contributed by atoms with Crippen LogP contribution in [0.25, 0.3) is 0 Å². The average Bonchev–Trinajstić information content (AvgIpc) is 2.39. The predicted octanol–water partition coefficient (Wildman–Crippen LogP) is 4.49. The van der Waals surface area contributed by atoms with Gasteiger partial charge in [-0.3, -0.25) is 0 Å². The van der Waals surface area contributed by atoms with Gasteiger partial charge in [0.15, 0.2) is 0 Å². The maximum atomic E-state index is 6.45. The molecule has 0 aliphatic rings. The zero-order valence-corrected chi connectivity index (χ0v) is 12.9. The molecule has 102 valence electrons. The van der Waals surface area contributed by atoms with Crippen molar-refractivity contribution in [1.82, 2.24) is 0 Å². The molecule has 18 heavy (non-hydrogen) atoms. The highest BCUT2D eigenvalue weighted by atomic mass is 32.2. The van der Waals surface area contributed by atoms with Crippen LogP contribution in [0, 0.1) is 11.8 Å². The van der Waals surface area contributed by atoms with E-state index in [0.29, 0.717) is 11.2 Å². The normalized spacial score (nSPS) is 16.6. The maximum absolute atomic E-state index is 6.45. The van der Waals surface area contributed by atoms with Gasteiger partial charge in [0, 0.05) is 11.3 Å². The highest BCUT2D eigenvalue weighted by Gasteiger charge is 2.23. The summed E-state index contributed by atoms with van der Waals surface area (Å²) in [6.45, 7) is 9.12. The Kier molecular flexibility index (Phi) is 6.80. The minimum Gasteiger partial charge on any atom is -0.323 e. The first-order valence-corrected chi connectivity index (χ1v) is 8.03. The fourth-order valence-electron chi connectivity index (χ4n) is 1.97. The molecule has 0 aliphatic heterocycles. The second kappa shape index (κ2) is 7.85. The molecule has 3 unspecified atom stereocenters. The number of thioether (sulfide) groups is 1. The molecule has 0 radical (unpaired) electrons. The van der Waals surface area contributed by atoms with E-state index in [1.165, 1.54) is 17.7 Å². The fraction of sp³-hybridized carbons (Fsp3) is 0.625. The van der Waals surface area contributed by atoms with Crippen LogP contribution < -0.4 is 5.73 Å². The van der Waals surface area contributed by atoms with Crippen LogP contribution in [0.15, 0.2) is 30.3 Å². The fourth-order valence-corrected chi connectivity index (χ4v) is 3.50. The highest BCUT2D eigenvalue weighted by Crippen LogP contribution is 2.32. The molecule has 0 spiro atoms. The first kappa shape index (κ1) is 15.6. The molecule has 1 aromatic carbocycles. The van der Waals surface area contributed by atoms with Crippen molar-refractivity contribution in [2.75, 3.05) is 5.75 Å². The van der Waals surface area contributed by atoms with Gasteiger partial charge in [-0.2, -0.15) is 11.8 Å². The number of hydrogen-bond donors (Lipinski definition) is 1. The molecule has 0 bridgehead atoms. The van der Waals surface area contributed by atoms with E-state index in [0.717, 1.165) is 5.92 Å². The molecule has 0 fully saturated rings. The molecule has 0 heterocycles. The van der Waals surface area contributed by atoms with E-state index in [9.17, 15) is 0 Å². The summed E-state index contributed by atoms with van der Waals surface area (Å²) in [4.78, 5) is 0. The van der Waals surface area contributed by atoms with Crippen molar-refractivity contribution in [1.29, 1.82) is 0 Å². The average molecular weight is 265 g/mol. The molecule has 0 aliphatic carbocycles. The molecular weight excluding hydrogens is 238 g/mol. The van der Waals surface area contributed by atoms with Crippen molar-refractivity contribution in [3.8, 4) is 0 Å². The SMILES string of the molecule is CCC(C)CSC(C(C)C)C(N)c1ccccc1. The van der Waals surface area contributed by atoms with E-state index in [1.54, 1.807) is 0 Å². The molecule has 0 saturated carbocycles. The standard InChI is InChI=1S/C16H27NS/c1-5-13(4)11-18-16(12(2)3)15(17)14-9-7-6-8-10-14/h6-10,12-13,15-16H,5,11,17H2,1-4H3. The molecule has 1 aromatic rings. The van der Waals surface area contributed by atoms with E-state index in [2.05, 4.69) is 52.0 Å². The summed E-state index contributed by atoms with van der Waals surface area (Å²) in [5, 5.41) is 0.501. The van der Waals surface area contributed by atoms with Gasteiger partial charge in [-0.1, -0.05) is 64.4 Å². The topological polar surface area (TPSA) is 26.0 Å². The van der Waals surface area contributed by atoms with Crippen LogP contribution in [-0.2, 0) is 0 Å². The van der Waals surface area contributed by atoms with Crippen molar-refractivity contribution < 1.29 is 0 Å². The largest absolute Gasteiger partial charge is 0.323 e. The Morgan fingerprint density at radius 1 is 1.11 bits per heavy atom. The highest BCUT2D eigenvalue weighted by molar-refractivity contribution is 7.99. The Balaban J connectivity index is 2.67. The molecule has 0 saturated heterocycles. The smallest absolute Gasteiger partial charge is 0.0418 e. The van der Waals surface area contributed by atoms with Gasteiger partial charge in [0.2, 0.25) is 0 Å². The van der Waals surface area contributed by atoms with Gasteiger partial charge in [-0.15, -0.1) is 0 Å². The monoisotopic (exact) mass is 265 g/mol. The van der Waals surface area contributed by atoms with Crippen LogP contribution in [0.2, 0.25) is 0 Å². The van der Waals surface area contributed by atoms with Crippen molar-refractivity contribution in [3.63, 3.8) is 0 Å². The van der Waals surface area contributed by atoms with Gasteiger partial charge in [0.25, 0.3) is 0 Å². The van der Waals surface area contributed by atoms with Crippen molar-refractivity contribution in [3.05, 3.63) is 35.9 Å². The zero-order valence-electron chi connectivity index (χ0n) is 12.1. The van der Waals surface area contributed by atoms with E-state index >= 15 is 0 Å². The molecule has 3 atom stereocenters. The first-order chi connectivity index (χ1) is 8.56. The van der Waals surface area contributed by atoms with E-state index in [4.69, 9.17) is 5.73 Å². The van der Waals surface area contributed by atoms with E-state index in [1.807, 2.05) is 17.8 Å². The molecule has 2 heteroatoms. The van der Waals surface area contributed by atoms with Crippen LogP contribution in [0.1, 0.15) is 45.7 Å².